The minimum absolute atomic E-state index is 0.0667. The number of thioether (sulfide) groups is 1. The second-order valence-corrected chi connectivity index (χ2v) is 7.11. The molecule has 1 aromatic carbocycles. The number of ether oxygens (including phenoxy) is 1. The lowest BCUT2D eigenvalue weighted by atomic mass is 9.97. The van der Waals surface area contributed by atoms with Gasteiger partial charge in [-0.05, 0) is 61.5 Å². The van der Waals surface area contributed by atoms with E-state index in [4.69, 9.17) is 4.74 Å². The Balaban J connectivity index is 1.40. The average molecular weight is 361 g/mol. The van der Waals surface area contributed by atoms with Crippen molar-refractivity contribution in [2.24, 2.45) is 5.92 Å². The number of hydrogen-bond acceptors (Lipinski definition) is 7. The molecule has 7 nitrogen and oxygen atoms in total. The number of carbonyl (C=O) groups is 1. The third-order valence-electron chi connectivity index (χ3n) is 4.41. The number of benzene rings is 1. The number of methoxy groups -OCH3 is 1. The maximum absolute atomic E-state index is 11.5. The average Bonchev–Trinajstić information content (AvgIpc) is 3.14. The zero-order chi connectivity index (χ0) is 17.5. The summed E-state index contributed by atoms with van der Waals surface area (Å²) in [6.07, 6.45) is 2.85. The predicted molar refractivity (Wildman–Crippen MR) is 95.7 cm³/mol. The number of rotatable bonds is 7. The summed E-state index contributed by atoms with van der Waals surface area (Å²) >= 11 is 1.67. The highest BCUT2D eigenvalue weighted by Crippen LogP contribution is 2.21. The molecule has 1 aromatic heterocycles. The van der Waals surface area contributed by atoms with Gasteiger partial charge in [-0.1, -0.05) is 30.0 Å². The Morgan fingerprint density at radius 1 is 1.28 bits per heavy atom. The van der Waals surface area contributed by atoms with Crippen LogP contribution >= 0.6 is 11.8 Å². The quantitative estimate of drug-likeness (QED) is 0.424. The molecule has 0 unspecified atom stereocenters. The molecule has 134 valence electrons. The van der Waals surface area contributed by atoms with Crippen molar-refractivity contribution < 1.29 is 9.53 Å². The number of piperidine rings is 1. The van der Waals surface area contributed by atoms with Crippen molar-refractivity contribution in [3.05, 3.63) is 30.3 Å². The van der Waals surface area contributed by atoms with E-state index in [9.17, 15) is 4.79 Å². The number of likely N-dealkylation sites (tertiary alicyclic amines) is 1. The lowest BCUT2D eigenvalue weighted by Crippen LogP contribution is -2.37. The molecule has 1 fully saturated rings. The maximum Gasteiger partial charge on any atom is 0.308 e. The summed E-state index contributed by atoms with van der Waals surface area (Å²) in [6, 6.07) is 9.91. The molecule has 25 heavy (non-hydrogen) atoms. The van der Waals surface area contributed by atoms with Crippen LogP contribution in [0.25, 0.3) is 5.69 Å². The Hall–Kier alpha value is -1.93. The molecule has 0 bridgehead atoms. The highest BCUT2D eigenvalue weighted by Gasteiger charge is 2.25. The van der Waals surface area contributed by atoms with Gasteiger partial charge in [-0.2, -0.15) is 4.68 Å². The van der Waals surface area contributed by atoms with Gasteiger partial charge in [0.25, 0.3) is 0 Å². The van der Waals surface area contributed by atoms with Gasteiger partial charge in [-0.25, -0.2) is 0 Å². The van der Waals surface area contributed by atoms with Crippen molar-refractivity contribution in [2.45, 2.75) is 24.4 Å². The Labute approximate surface area is 151 Å². The van der Waals surface area contributed by atoms with Gasteiger partial charge >= 0.3 is 5.97 Å². The Kier molecular flexibility index (Phi) is 6.41. The monoisotopic (exact) mass is 361 g/mol. The summed E-state index contributed by atoms with van der Waals surface area (Å²) in [6.45, 7) is 2.96. The Morgan fingerprint density at radius 2 is 2.04 bits per heavy atom. The maximum atomic E-state index is 11.5. The standard InChI is InChI=1S/C17H23N5O2S/c1-24-16(23)14-8-11-21(12-9-14)10-5-13-25-17-18-19-20-22(17)15-6-3-2-4-7-15/h2-4,6-7,14H,5,8-13H2,1H3. The van der Waals surface area contributed by atoms with Gasteiger partial charge in [0.1, 0.15) is 0 Å². The fourth-order valence-electron chi connectivity index (χ4n) is 3.01. The number of carbonyl (C=O) groups excluding carboxylic acids is 1. The zero-order valence-corrected chi connectivity index (χ0v) is 15.2. The highest BCUT2D eigenvalue weighted by molar-refractivity contribution is 7.99. The normalized spacial score (nSPS) is 16.0. The van der Waals surface area contributed by atoms with Gasteiger partial charge in [0.05, 0.1) is 18.7 Å². The molecule has 3 rings (SSSR count). The molecule has 8 heteroatoms. The first-order valence-electron chi connectivity index (χ1n) is 8.54. The zero-order valence-electron chi connectivity index (χ0n) is 14.4. The number of para-hydroxylation sites is 1. The third-order valence-corrected chi connectivity index (χ3v) is 5.42. The summed E-state index contributed by atoms with van der Waals surface area (Å²) in [5.74, 6) is 0.971. The molecule has 1 aliphatic rings. The summed E-state index contributed by atoms with van der Waals surface area (Å²) in [7, 11) is 1.47. The molecule has 0 saturated carbocycles. The van der Waals surface area contributed by atoms with Crippen molar-refractivity contribution in [2.75, 3.05) is 32.5 Å². The van der Waals surface area contributed by atoms with Crippen LogP contribution in [0.15, 0.2) is 35.5 Å². The molecule has 1 aliphatic heterocycles. The molecule has 0 aliphatic carbocycles. The molecule has 1 saturated heterocycles. The lowest BCUT2D eigenvalue weighted by molar-refractivity contribution is -0.147. The van der Waals surface area contributed by atoms with E-state index in [0.717, 1.165) is 55.5 Å². The van der Waals surface area contributed by atoms with Crippen molar-refractivity contribution in [3.63, 3.8) is 0 Å². The number of esters is 1. The number of tetrazole rings is 1. The predicted octanol–water partition coefficient (Wildman–Crippen LogP) is 2.03. The first kappa shape index (κ1) is 17.9. The molecular weight excluding hydrogens is 338 g/mol. The molecule has 0 spiro atoms. The van der Waals surface area contributed by atoms with Crippen LogP contribution in [0.5, 0.6) is 0 Å². The van der Waals surface area contributed by atoms with Crippen LogP contribution in [-0.2, 0) is 9.53 Å². The first-order valence-corrected chi connectivity index (χ1v) is 9.53. The van der Waals surface area contributed by atoms with Crippen LogP contribution < -0.4 is 0 Å². The molecule has 0 radical (unpaired) electrons. The van der Waals surface area contributed by atoms with E-state index in [1.54, 1.807) is 16.4 Å². The van der Waals surface area contributed by atoms with Crippen molar-refractivity contribution >= 4 is 17.7 Å². The first-order chi connectivity index (χ1) is 12.3. The number of hydrogen-bond donors (Lipinski definition) is 0. The van der Waals surface area contributed by atoms with Crippen LogP contribution in [0.3, 0.4) is 0 Å². The van der Waals surface area contributed by atoms with Crippen LogP contribution in [0.4, 0.5) is 0 Å². The summed E-state index contributed by atoms with van der Waals surface area (Å²) in [4.78, 5) is 14.0. The molecule has 0 amide bonds. The van der Waals surface area contributed by atoms with Crippen molar-refractivity contribution in [1.82, 2.24) is 25.1 Å². The van der Waals surface area contributed by atoms with E-state index in [1.807, 2.05) is 30.3 Å². The molecular formula is C17H23N5O2S. The lowest BCUT2D eigenvalue weighted by Gasteiger charge is -2.30. The highest BCUT2D eigenvalue weighted by atomic mass is 32.2. The fourth-order valence-corrected chi connectivity index (χ4v) is 3.83. The topological polar surface area (TPSA) is 73.1 Å². The Morgan fingerprint density at radius 3 is 2.76 bits per heavy atom. The second-order valence-electron chi connectivity index (χ2n) is 6.05. The number of nitrogens with zero attached hydrogens (tertiary/aromatic N) is 5. The number of aromatic nitrogens is 4. The summed E-state index contributed by atoms with van der Waals surface area (Å²) in [5.41, 5.74) is 0.972. The second kappa shape index (κ2) is 8.96. The van der Waals surface area contributed by atoms with E-state index < -0.39 is 0 Å². The van der Waals surface area contributed by atoms with Crippen LogP contribution in [0, 0.1) is 5.92 Å². The van der Waals surface area contributed by atoms with E-state index in [1.165, 1.54) is 7.11 Å². The fraction of sp³-hybridized carbons (Fsp3) is 0.529. The SMILES string of the molecule is COC(=O)C1CCN(CCCSc2nnnn2-c2ccccc2)CC1. The van der Waals surface area contributed by atoms with Gasteiger partial charge in [0.15, 0.2) is 0 Å². The van der Waals surface area contributed by atoms with Gasteiger partial charge in [-0.15, -0.1) is 5.10 Å². The van der Waals surface area contributed by atoms with Crippen molar-refractivity contribution in [1.29, 1.82) is 0 Å². The van der Waals surface area contributed by atoms with Crippen LogP contribution in [0.2, 0.25) is 0 Å². The Bertz CT molecular complexity index is 671. The van der Waals surface area contributed by atoms with Gasteiger partial charge < -0.3 is 9.64 Å². The largest absolute Gasteiger partial charge is 0.469 e. The minimum atomic E-state index is -0.0667. The molecule has 0 atom stereocenters. The van der Waals surface area contributed by atoms with Gasteiger partial charge in [0.2, 0.25) is 5.16 Å². The minimum Gasteiger partial charge on any atom is -0.469 e. The van der Waals surface area contributed by atoms with Gasteiger partial charge in [-0.3, -0.25) is 4.79 Å². The van der Waals surface area contributed by atoms with E-state index >= 15 is 0 Å². The van der Waals surface area contributed by atoms with E-state index in [-0.39, 0.29) is 11.9 Å². The summed E-state index contributed by atoms with van der Waals surface area (Å²) < 4.78 is 6.60. The van der Waals surface area contributed by atoms with Crippen molar-refractivity contribution in [3.8, 4) is 5.69 Å². The third kappa shape index (κ3) is 4.79. The van der Waals surface area contributed by atoms with E-state index in [0.29, 0.717) is 0 Å². The van der Waals surface area contributed by atoms with Crippen LogP contribution in [0.1, 0.15) is 19.3 Å². The summed E-state index contributed by atoms with van der Waals surface area (Å²) in [5, 5.41) is 12.8. The smallest absolute Gasteiger partial charge is 0.308 e. The molecule has 2 heterocycles. The molecule has 0 N–H and O–H groups in total. The van der Waals surface area contributed by atoms with E-state index in [2.05, 4.69) is 20.4 Å². The van der Waals surface area contributed by atoms with Gasteiger partial charge in [0, 0.05) is 5.75 Å². The van der Waals surface area contributed by atoms with Crippen LogP contribution in [-0.4, -0.2) is 63.6 Å². The molecule has 2 aromatic rings.